The number of nitrogens with zero attached hydrogens (tertiary/aromatic N) is 5. The summed E-state index contributed by atoms with van der Waals surface area (Å²) in [6, 6.07) is 13.9. The molecule has 0 N–H and O–H groups in total. The summed E-state index contributed by atoms with van der Waals surface area (Å²) in [6.45, 7) is 0. The maximum atomic E-state index is 6.06. The van der Waals surface area contributed by atoms with E-state index in [4.69, 9.17) is 16.1 Å². The van der Waals surface area contributed by atoms with Gasteiger partial charge in [-0.1, -0.05) is 40.7 Å². The van der Waals surface area contributed by atoms with E-state index in [9.17, 15) is 0 Å². The van der Waals surface area contributed by atoms with Gasteiger partial charge in [-0.05, 0) is 37.1 Å². The van der Waals surface area contributed by atoms with Crippen molar-refractivity contribution in [1.82, 2.24) is 24.9 Å². The summed E-state index contributed by atoms with van der Waals surface area (Å²) in [4.78, 5) is 4.09. The number of hydrogen-bond acceptors (Lipinski definition) is 6. The molecule has 0 bridgehead atoms. The van der Waals surface area contributed by atoms with Gasteiger partial charge in [0.1, 0.15) is 0 Å². The monoisotopic (exact) mass is 409 g/mol. The fourth-order valence-electron chi connectivity index (χ4n) is 3.03. The van der Waals surface area contributed by atoms with Crippen molar-refractivity contribution in [1.29, 1.82) is 0 Å². The summed E-state index contributed by atoms with van der Waals surface area (Å²) in [6.07, 6.45) is 5.88. The lowest BCUT2D eigenvalue weighted by molar-refractivity contribution is 0.426. The Kier molecular flexibility index (Phi) is 4.62. The first-order valence-corrected chi connectivity index (χ1v) is 10.3. The quantitative estimate of drug-likeness (QED) is 0.404. The van der Waals surface area contributed by atoms with Gasteiger partial charge in [0.2, 0.25) is 0 Å². The average Bonchev–Trinajstić information content (AvgIpc) is 3.29. The Labute approximate surface area is 170 Å². The van der Waals surface area contributed by atoms with Crippen LogP contribution in [0.3, 0.4) is 0 Å². The SMILES string of the molecule is Clc1cccc(-c2cc(CSc3nnc(-c4ccncc4)n3C3CC3)no2)c1. The molecule has 3 heterocycles. The van der Waals surface area contributed by atoms with Crippen LogP contribution in [0.2, 0.25) is 5.02 Å². The van der Waals surface area contributed by atoms with E-state index in [-0.39, 0.29) is 0 Å². The molecule has 0 radical (unpaired) electrons. The molecule has 0 saturated heterocycles. The number of benzene rings is 1. The second-order valence-corrected chi connectivity index (χ2v) is 8.00. The number of pyridine rings is 1. The van der Waals surface area contributed by atoms with Crippen molar-refractivity contribution in [2.24, 2.45) is 0 Å². The van der Waals surface area contributed by atoms with E-state index in [1.807, 2.05) is 42.5 Å². The highest BCUT2D eigenvalue weighted by atomic mass is 35.5. The molecule has 8 heteroatoms. The second kappa shape index (κ2) is 7.41. The van der Waals surface area contributed by atoms with Gasteiger partial charge in [-0.2, -0.15) is 0 Å². The summed E-state index contributed by atoms with van der Waals surface area (Å²) in [7, 11) is 0. The number of aromatic nitrogens is 5. The largest absolute Gasteiger partial charge is 0.356 e. The molecule has 4 aromatic rings. The van der Waals surface area contributed by atoms with Crippen molar-refractivity contribution in [3.8, 4) is 22.7 Å². The number of rotatable bonds is 6. The third-order valence-corrected chi connectivity index (χ3v) is 5.74. The highest BCUT2D eigenvalue weighted by Crippen LogP contribution is 2.41. The Balaban J connectivity index is 1.36. The molecule has 0 atom stereocenters. The first-order chi connectivity index (χ1) is 13.8. The molecule has 0 unspecified atom stereocenters. The molecular weight excluding hydrogens is 394 g/mol. The molecule has 1 fully saturated rings. The van der Waals surface area contributed by atoms with Gasteiger partial charge < -0.3 is 4.52 Å². The third kappa shape index (κ3) is 3.55. The minimum atomic E-state index is 0.472. The lowest BCUT2D eigenvalue weighted by atomic mass is 10.2. The van der Waals surface area contributed by atoms with Crippen LogP contribution < -0.4 is 0 Å². The molecule has 1 saturated carbocycles. The van der Waals surface area contributed by atoms with Crippen molar-refractivity contribution in [3.05, 3.63) is 65.6 Å². The van der Waals surface area contributed by atoms with E-state index < -0.39 is 0 Å². The fourth-order valence-corrected chi connectivity index (χ4v) is 4.11. The van der Waals surface area contributed by atoms with E-state index >= 15 is 0 Å². The summed E-state index contributed by atoms with van der Waals surface area (Å²) < 4.78 is 7.72. The number of hydrogen-bond donors (Lipinski definition) is 0. The van der Waals surface area contributed by atoms with Crippen molar-refractivity contribution in [3.63, 3.8) is 0 Å². The van der Waals surface area contributed by atoms with Gasteiger partial charge in [0, 0.05) is 46.4 Å². The van der Waals surface area contributed by atoms with Crippen LogP contribution in [0.25, 0.3) is 22.7 Å². The van der Waals surface area contributed by atoms with Gasteiger partial charge in [-0.3, -0.25) is 9.55 Å². The summed E-state index contributed by atoms with van der Waals surface area (Å²) in [5.41, 5.74) is 2.80. The van der Waals surface area contributed by atoms with Crippen LogP contribution in [-0.4, -0.2) is 24.9 Å². The van der Waals surface area contributed by atoms with Crippen LogP contribution in [-0.2, 0) is 5.75 Å². The van der Waals surface area contributed by atoms with Gasteiger partial charge in [0.05, 0.1) is 5.69 Å². The van der Waals surface area contributed by atoms with E-state index in [2.05, 4.69) is 24.9 Å². The molecule has 1 aliphatic rings. The van der Waals surface area contributed by atoms with Crippen LogP contribution in [0, 0.1) is 0 Å². The van der Waals surface area contributed by atoms with Gasteiger partial charge in [0.25, 0.3) is 0 Å². The summed E-state index contributed by atoms with van der Waals surface area (Å²) in [5.74, 6) is 2.26. The third-order valence-electron chi connectivity index (χ3n) is 4.53. The smallest absolute Gasteiger partial charge is 0.192 e. The van der Waals surface area contributed by atoms with Crippen LogP contribution in [0.5, 0.6) is 0 Å². The molecule has 140 valence electrons. The maximum Gasteiger partial charge on any atom is 0.192 e. The van der Waals surface area contributed by atoms with E-state index in [1.165, 1.54) is 0 Å². The molecule has 1 aliphatic carbocycles. The van der Waals surface area contributed by atoms with Crippen LogP contribution in [0.15, 0.2) is 64.5 Å². The van der Waals surface area contributed by atoms with Gasteiger partial charge in [0.15, 0.2) is 16.7 Å². The van der Waals surface area contributed by atoms with E-state index in [0.29, 0.717) is 22.6 Å². The Hall–Kier alpha value is -2.64. The van der Waals surface area contributed by atoms with Crippen molar-refractivity contribution < 1.29 is 4.52 Å². The second-order valence-electron chi connectivity index (χ2n) is 6.62. The van der Waals surface area contributed by atoms with Crippen molar-refractivity contribution in [2.45, 2.75) is 29.8 Å². The Morgan fingerprint density at radius 1 is 1.07 bits per heavy atom. The summed E-state index contributed by atoms with van der Waals surface area (Å²) in [5, 5.41) is 14.6. The van der Waals surface area contributed by atoms with E-state index in [1.54, 1.807) is 24.2 Å². The fraction of sp³-hybridized carbons (Fsp3) is 0.200. The Morgan fingerprint density at radius 3 is 2.71 bits per heavy atom. The first-order valence-electron chi connectivity index (χ1n) is 8.97. The molecule has 5 rings (SSSR count). The van der Waals surface area contributed by atoms with E-state index in [0.717, 1.165) is 40.6 Å². The molecule has 28 heavy (non-hydrogen) atoms. The minimum absolute atomic E-state index is 0.472. The zero-order chi connectivity index (χ0) is 18.9. The molecular formula is C20H16ClN5OS. The van der Waals surface area contributed by atoms with Gasteiger partial charge >= 0.3 is 0 Å². The number of halogens is 1. The standard InChI is InChI=1S/C20H16ClN5OS/c21-15-3-1-2-14(10-15)18-11-16(25-27-18)12-28-20-24-23-19(26(20)17-4-5-17)13-6-8-22-9-7-13/h1-3,6-11,17H,4-5,12H2. The Morgan fingerprint density at radius 2 is 1.93 bits per heavy atom. The van der Waals surface area contributed by atoms with Crippen LogP contribution >= 0.6 is 23.4 Å². The van der Waals surface area contributed by atoms with Crippen LogP contribution in [0.1, 0.15) is 24.6 Å². The normalized spacial score (nSPS) is 13.8. The zero-order valence-electron chi connectivity index (χ0n) is 14.8. The van der Waals surface area contributed by atoms with Gasteiger partial charge in [-0.15, -0.1) is 10.2 Å². The highest BCUT2D eigenvalue weighted by molar-refractivity contribution is 7.98. The van der Waals surface area contributed by atoms with Gasteiger partial charge in [-0.25, -0.2) is 0 Å². The lowest BCUT2D eigenvalue weighted by Gasteiger charge is -2.07. The molecule has 6 nitrogen and oxygen atoms in total. The van der Waals surface area contributed by atoms with Crippen LogP contribution in [0.4, 0.5) is 0 Å². The first kappa shape index (κ1) is 17.5. The molecule has 0 aliphatic heterocycles. The molecule has 0 spiro atoms. The maximum absolute atomic E-state index is 6.06. The van der Waals surface area contributed by atoms with Crippen molar-refractivity contribution in [2.75, 3.05) is 0 Å². The predicted molar refractivity (Wildman–Crippen MR) is 108 cm³/mol. The lowest BCUT2D eigenvalue weighted by Crippen LogP contribution is -1.99. The predicted octanol–water partition coefficient (Wildman–Crippen LogP) is 5.28. The number of thioether (sulfide) groups is 1. The Bertz CT molecular complexity index is 1110. The molecule has 0 amide bonds. The van der Waals surface area contributed by atoms with Crippen molar-refractivity contribution >= 4 is 23.4 Å². The minimum Gasteiger partial charge on any atom is -0.356 e. The highest BCUT2D eigenvalue weighted by Gasteiger charge is 2.30. The zero-order valence-corrected chi connectivity index (χ0v) is 16.4. The molecule has 3 aromatic heterocycles. The molecule has 1 aromatic carbocycles. The topological polar surface area (TPSA) is 69.6 Å². The average molecular weight is 410 g/mol. The summed E-state index contributed by atoms with van der Waals surface area (Å²) >= 11 is 7.68.